The number of pyridine rings is 1. The number of carbonyl (C=O) groups excluding carboxylic acids is 1. The summed E-state index contributed by atoms with van der Waals surface area (Å²) in [6.07, 6.45) is 7.26. The molecule has 0 saturated heterocycles. The molecular weight excluding hydrogens is 356 g/mol. The summed E-state index contributed by atoms with van der Waals surface area (Å²) in [5, 5.41) is 2.92. The van der Waals surface area contributed by atoms with Gasteiger partial charge in [0, 0.05) is 24.1 Å². The molecule has 3 aromatic rings. The van der Waals surface area contributed by atoms with Gasteiger partial charge in [0.05, 0.1) is 18.3 Å². The Morgan fingerprint density at radius 2 is 2.07 bits per heavy atom. The lowest BCUT2D eigenvalue weighted by molar-refractivity contribution is -0.121. The Bertz CT molecular complexity index is 959. The van der Waals surface area contributed by atoms with E-state index in [1.165, 1.54) is 0 Å². The molecule has 1 aliphatic rings. The van der Waals surface area contributed by atoms with E-state index in [4.69, 9.17) is 15.2 Å². The molecule has 146 valence electrons. The van der Waals surface area contributed by atoms with Crippen molar-refractivity contribution in [1.82, 2.24) is 9.38 Å². The zero-order valence-electron chi connectivity index (χ0n) is 15.9. The van der Waals surface area contributed by atoms with Gasteiger partial charge in [0.1, 0.15) is 12.3 Å². The fourth-order valence-corrected chi connectivity index (χ4v) is 3.56. The number of anilines is 1. The highest BCUT2D eigenvalue weighted by Crippen LogP contribution is 2.33. The first-order valence-corrected chi connectivity index (χ1v) is 9.41. The molecule has 0 aliphatic heterocycles. The third-order valence-electron chi connectivity index (χ3n) is 5.16. The molecular formula is C21H24N4O3. The zero-order chi connectivity index (χ0) is 19.6. The number of methoxy groups -OCH3 is 1. The van der Waals surface area contributed by atoms with Gasteiger partial charge in [-0.3, -0.25) is 4.79 Å². The lowest BCUT2D eigenvalue weighted by Gasteiger charge is -2.22. The van der Waals surface area contributed by atoms with E-state index in [-0.39, 0.29) is 12.5 Å². The molecule has 7 heteroatoms. The van der Waals surface area contributed by atoms with Crippen molar-refractivity contribution in [2.24, 2.45) is 5.73 Å². The third-order valence-corrected chi connectivity index (χ3v) is 5.16. The van der Waals surface area contributed by atoms with Crippen LogP contribution < -0.4 is 20.5 Å². The van der Waals surface area contributed by atoms with Gasteiger partial charge in [-0.1, -0.05) is 18.9 Å². The minimum atomic E-state index is -0.780. The number of benzene rings is 1. The van der Waals surface area contributed by atoms with E-state index < -0.39 is 5.54 Å². The van der Waals surface area contributed by atoms with E-state index in [1.54, 1.807) is 25.3 Å². The number of carbonyl (C=O) groups is 1. The van der Waals surface area contributed by atoms with Crippen molar-refractivity contribution >= 4 is 17.2 Å². The highest BCUT2D eigenvalue weighted by Gasteiger charge is 2.37. The monoisotopic (exact) mass is 380 g/mol. The van der Waals surface area contributed by atoms with Gasteiger partial charge in [0.2, 0.25) is 5.91 Å². The smallest absolute Gasteiger partial charge is 0.244 e. The number of fused-ring (bicyclic) bond motifs is 1. The molecule has 0 unspecified atom stereocenters. The lowest BCUT2D eigenvalue weighted by atomic mass is 9.98. The second-order valence-corrected chi connectivity index (χ2v) is 7.17. The van der Waals surface area contributed by atoms with Gasteiger partial charge >= 0.3 is 0 Å². The van der Waals surface area contributed by atoms with Crippen molar-refractivity contribution in [3.8, 4) is 11.5 Å². The standard InChI is InChI=1S/C21H24N4O3/c1-27-17-8-7-15(24-20(26)21(22)9-3-4-10-21)12-18(17)28-14-16-13-25-11-5-2-6-19(25)23-16/h2,5-8,11-13H,3-4,9-10,14,22H2,1H3,(H,24,26). The van der Waals surface area contributed by atoms with E-state index in [2.05, 4.69) is 10.3 Å². The minimum Gasteiger partial charge on any atom is -0.493 e. The molecule has 2 heterocycles. The third kappa shape index (κ3) is 3.66. The molecule has 7 nitrogen and oxygen atoms in total. The Labute approximate surface area is 163 Å². The molecule has 1 saturated carbocycles. The Morgan fingerprint density at radius 1 is 1.25 bits per heavy atom. The summed E-state index contributed by atoms with van der Waals surface area (Å²) >= 11 is 0. The van der Waals surface area contributed by atoms with Crippen LogP contribution in [0.25, 0.3) is 5.65 Å². The number of hydrogen-bond donors (Lipinski definition) is 2. The lowest BCUT2D eigenvalue weighted by Crippen LogP contribution is -2.48. The van der Waals surface area contributed by atoms with Crippen LogP contribution in [0, 0.1) is 0 Å². The Hall–Kier alpha value is -3.06. The van der Waals surface area contributed by atoms with Crippen molar-refractivity contribution in [3.63, 3.8) is 0 Å². The fraction of sp³-hybridized carbons (Fsp3) is 0.333. The molecule has 3 N–H and O–H groups in total. The van der Waals surface area contributed by atoms with Crippen LogP contribution in [0.15, 0.2) is 48.8 Å². The van der Waals surface area contributed by atoms with Gasteiger partial charge < -0.3 is 24.9 Å². The first kappa shape index (κ1) is 18.3. The summed E-state index contributed by atoms with van der Waals surface area (Å²) in [7, 11) is 1.58. The Morgan fingerprint density at radius 3 is 2.82 bits per heavy atom. The van der Waals surface area contributed by atoms with Crippen molar-refractivity contribution in [2.45, 2.75) is 37.8 Å². The van der Waals surface area contributed by atoms with E-state index in [0.29, 0.717) is 30.0 Å². The molecule has 1 aromatic carbocycles. The number of amides is 1. The van der Waals surface area contributed by atoms with Gasteiger partial charge in [-0.25, -0.2) is 4.98 Å². The van der Waals surface area contributed by atoms with E-state index in [1.807, 2.05) is 35.0 Å². The van der Waals surface area contributed by atoms with Crippen LogP contribution in [0.4, 0.5) is 5.69 Å². The van der Waals surface area contributed by atoms with Crippen LogP contribution in [-0.2, 0) is 11.4 Å². The van der Waals surface area contributed by atoms with E-state index in [0.717, 1.165) is 24.2 Å². The Kier molecular flexibility index (Phi) is 4.92. The van der Waals surface area contributed by atoms with Gasteiger partial charge in [-0.2, -0.15) is 0 Å². The van der Waals surface area contributed by atoms with Crippen LogP contribution in [0.5, 0.6) is 11.5 Å². The maximum atomic E-state index is 12.6. The van der Waals surface area contributed by atoms with Crippen molar-refractivity contribution < 1.29 is 14.3 Å². The van der Waals surface area contributed by atoms with Gasteiger partial charge in [-0.15, -0.1) is 0 Å². The molecule has 0 bridgehead atoms. The summed E-state index contributed by atoms with van der Waals surface area (Å²) in [5.74, 6) is 0.974. The number of imidazole rings is 1. The summed E-state index contributed by atoms with van der Waals surface area (Å²) in [6, 6.07) is 11.1. The van der Waals surface area contributed by atoms with Crippen molar-refractivity contribution in [1.29, 1.82) is 0 Å². The first-order chi connectivity index (χ1) is 13.6. The van der Waals surface area contributed by atoms with Gasteiger partial charge in [0.25, 0.3) is 0 Å². The number of ether oxygens (including phenoxy) is 2. The normalized spacial score (nSPS) is 15.5. The number of nitrogens with one attached hydrogen (secondary N) is 1. The van der Waals surface area contributed by atoms with Crippen LogP contribution in [0.1, 0.15) is 31.4 Å². The van der Waals surface area contributed by atoms with Crippen LogP contribution in [-0.4, -0.2) is 27.9 Å². The van der Waals surface area contributed by atoms with Crippen LogP contribution in [0.3, 0.4) is 0 Å². The first-order valence-electron chi connectivity index (χ1n) is 9.41. The number of rotatable bonds is 6. The van der Waals surface area contributed by atoms with E-state index in [9.17, 15) is 4.79 Å². The average Bonchev–Trinajstić information content (AvgIpc) is 3.33. The fourth-order valence-electron chi connectivity index (χ4n) is 3.56. The Balaban J connectivity index is 1.49. The summed E-state index contributed by atoms with van der Waals surface area (Å²) in [5.41, 5.74) is 7.75. The summed E-state index contributed by atoms with van der Waals surface area (Å²) < 4.78 is 13.3. The predicted molar refractivity (Wildman–Crippen MR) is 107 cm³/mol. The van der Waals surface area contributed by atoms with Crippen LogP contribution in [0.2, 0.25) is 0 Å². The summed E-state index contributed by atoms with van der Waals surface area (Å²) in [4.78, 5) is 17.1. The quantitative estimate of drug-likeness (QED) is 0.686. The molecule has 0 radical (unpaired) electrons. The van der Waals surface area contributed by atoms with E-state index >= 15 is 0 Å². The molecule has 28 heavy (non-hydrogen) atoms. The largest absolute Gasteiger partial charge is 0.493 e. The maximum Gasteiger partial charge on any atom is 0.244 e. The van der Waals surface area contributed by atoms with Crippen molar-refractivity contribution in [2.75, 3.05) is 12.4 Å². The van der Waals surface area contributed by atoms with Gasteiger partial charge in [-0.05, 0) is 37.1 Å². The van der Waals surface area contributed by atoms with Crippen LogP contribution >= 0.6 is 0 Å². The predicted octanol–water partition coefficient (Wildman–Crippen LogP) is 3.13. The molecule has 4 rings (SSSR count). The highest BCUT2D eigenvalue weighted by atomic mass is 16.5. The average molecular weight is 380 g/mol. The number of nitrogens with zero attached hydrogens (tertiary/aromatic N) is 2. The summed E-state index contributed by atoms with van der Waals surface area (Å²) in [6.45, 7) is 0.288. The second kappa shape index (κ2) is 7.52. The topological polar surface area (TPSA) is 90.9 Å². The van der Waals surface area contributed by atoms with Crippen molar-refractivity contribution in [3.05, 3.63) is 54.5 Å². The molecule has 0 spiro atoms. The SMILES string of the molecule is COc1ccc(NC(=O)C2(N)CCCC2)cc1OCc1cn2ccccc2n1. The molecule has 2 aromatic heterocycles. The molecule has 1 fully saturated rings. The maximum absolute atomic E-state index is 12.6. The molecule has 1 aliphatic carbocycles. The van der Waals surface area contributed by atoms with Gasteiger partial charge in [0.15, 0.2) is 11.5 Å². The molecule has 0 atom stereocenters. The second-order valence-electron chi connectivity index (χ2n) is 7.17. The highest BCUT2D eigenvalue weighted by molar-refractivity contribution is 5.98. The zero-order valence-corrected chi connectivity index (χ0v) is 15.9. The number of hydrogen-bond acceptors (Lipinski definition) is 5. The minimum absolute atomic E-state index is 0.151. The number of nitrogens with two attached hydrogens (primary N) is 1. The number of aromatic nitrogens is 2. The molecule has 1 amide bonds.